The molecule has 0 fully saturated rings. The lowest BCUT2D eigenvalue weighted by Crippen LogP contribution is -2.63. The zero-order chi connectivity index (χ0) is 14.4. The van der Waals surface area contributed by atoms with E-state index in [-0.39, 0.29) is 0 Å². The quantitative estimate of drug-likeness (QED) is 0.475. The normalized spacial score (nSPS) is 13.1. The lowest BCUT2D eigenvalue weighted by molar-refractivity contribution is -0.401. The first-order valence-electron chi connectivity index (χ1n) is 3.67. The maximum absolute atomic E-state index is 10.5. The number of carboxylic acid groups (broad SMARTS) is 1. The molecule has 0 radical (unpaired) electrons. The van der Waals surface area contributed by atoms with Crippen molar-refractivity contribution in [3.05, 3.63) is 0 Å². The number of halogens is 3. The second-order valence-electron chi connectivity index (χ2n) is 2.59. The van der Waals surface area contributed by atoms with Gasteiger partial charge in [0.25, 0.3) is 0 Å². The fraction of sp³-hybridized carbons (Fsp3) is 0.600. The first-order valence-corrected chi connectivity index (χ1v) is 5.20. The molecule has 0 saturated carbocycles. The Kier molecular flexibility index (Phi) is 7.01. The van der Waals surface area contributed by atoms with E-state index >= 15 is 0 Å². The minimum Gasteiger partial charge on any atom is -0.542 e. The summed E-state index contributed by atoms with van der Waals surface area (Å²) in [7, 11) is -4.67. The molecule has 0 aromatic carbocycles. The number of carboxylic acids is 1. The Hall–Kier alpha value is -1.16. The Morgan fingerprint density at radius 2 is 1.71 bits per heavy atom. The van der Waals surface area contributed by atoms with Crippen LogP contribution in [0.4, 0.5) is 13.2 Å². The number of hydrogen-bond acceptors (Lipinski definition) is 5. The highest BCUT2D eigenvalue weighted by Crippen LogP contribution is 2.35. The van der Waals surface area contributed by atoms with E-state index in [1.165, 1.54) is 6.92 Å². The maximum Gasteiger partial charge on any atom is 0.527 e. The van der Waals surface area contributed by atoms with Crippen LogP contribution in [0, 0.1) is 0 Å². The third-order valence-electron chi connectivity index (χ3n) is 0.843. The Morgan fingerprint density at radius 3 is 1.76 bits per heavy atom. The smallest absolute Gasteiger partial charge is 0.527 e. The largest absolute Gasteiger partial charge is 0.542 e. The van der Waals surface area contributed by atoms with Gasteiger partial charge in [-0.05, 0) is 6.92 Å². The van der Waals surface area contributed by atoms with E-state index in [0.717, 1.165) is 0 Å². The van der Waals surface area contributed by atoms with E-state index in [4.69, 9.17) is 19.7 Å². The summed E-state index contributed by atoms with van der Waals surface area (Å²) in [6, 6.07) is -0.771. The number of hydrogen-bond donors (Lipinski definition) is 3. The average molecular weight is 283 g/mol. The first-order chi connectivity index (χ1) is 7.27. The number of carbonyl (C=O) groups is 2. The number of phosphoric ester groups is 1. The van der Waals surface area contributed by atoms with Gasteiger partial charge in [-0.15, -0.1) is 0 Å². The summed E-state index contributed by atoms with van der Waals surface area (Å²) in [5.74, 6) is -4.01. The molecule has 0 aliphatic rings. The monoisotopic (exact) mass is 283 g/mol. The van der Waals surface area contributed by atoms with Gasteiger partial charge in [0.15, 0.2) is 6.04 Å². The fourth-order valence-electron chi connectivity index (χ4n) is 0.207. The third kappa shape index (κ3) is 12.8. The van der Waals surface area contributed by atoms with Gasteiger partial charge in [-0.3, -0.25) is 9.79 Å². The molecule has 0 spiro atoms. The molecule has 5 N–H and O–H groups in total. The second-order valence-corrected chi connectivity index (χ2v) is 3.75. The molecule has 0 heterocycles. The molecule has 102 valence electrons. The van der Waals surface area contributed by atoms with Gasteiger partial charge in [0.1, 0.15) is 5.97 Å². The second kappa shape index (κ2) is 6.55. The van der Waals surface area contributed by atoms with Gasteiger partial charge in [0.2, 0.25) is 0 Å². The number of alkyl halides is 3. The van der Waals surface area contributed by atoms with Crippen molar-refractivity contribution in [2.75, 3.05) is 0 Å². The van der Waals surface area contributed by atoms with Crippen LogP contribution in [0.3, 0.4) is 0 Å². The summed E-state index contributed by atoms with van der Waals surface area (Å²) in [5.41, 5.74) is 3.20. The van der Waals surface area contributed by atoms with Crippen molar-refractivity contribution in [1.29, 1.82) is 0 Å². The summed E-state index contributed by atoms with van der Waals surface area (Å²) in [6.45, 7) is 1.37. The lowest BCUT2D eigenvalue weighted by Gasteiger charge is -2.04. The molecule has 12 heteroatoms. The van der Waals surface area contributed by atoms with Crippen LogP contribution in [0.5, 0.6) is 0 Å². The van der Waals surface area contributed by atoms with Crippen LogP contribution in [0.15, 0.2) is 0 Å². The zero-order valence-corrected chi connectivity index (χ0v) is 9.20. The molecule has 0 saturated heterocycles. The molecule has 17 heavy (non-hydrogen) atoms. The van der Waals surface area contributed by atoms with Crippen LogP contribution < -0.4 is 10.8 Å². The molecule has 0 aliphatic heterocycles. The number of aliphatic carboxylic acids is 1. The minimum absolute atomic E-state index is 0.771. The SMILES string of the molecule is CC([NH3+])C(=O)OP(=O)(O)O.O=C([O-])C(F)(F)F. The molecular weight excluding hydrogens is 274 g/mol. The molecule has 1 unspecified atom stereocenters. The molecular formula is C5H9F3NO7P. The van der Waals surface area contributed by atoms with Gasteiger partial charge in [-0.25, -0.2) is 9.36 Å². The van der Waals surface area contributed by atoms with Gasteiger partial charge in [0.05, 0.1) is 0 Å². The Balaban J connectivity index is 0. The molecule has 0 bridgehead atoms. The van der Waals surface area contributed by atoms with Crippen molar-refractivity contribution in [3.8, 4) is 0 Å². The van der Waals surface area contributed by atoms with Crippen LogP contribution in [0.1, 0.15) is 6.92 Å². The first kappa shape index (κ1) is 18.2. The van der Waals surface area contributed by atoms with Crippen LogP contribution in [-0.4, -0.2) is 33.9 Å². The van der Waals surface area contributed by atoms with Crippen LogP contribution >= 0.6 is 7.82 Å². The van der Waals surface area contributed by atoms with Crippen LogP contribution in [0.25, 0.3) is 0 Å². The molecule has 0 aliphatic carbocycles. The summed E-state index contributed by atoms with van der Waals surface area (Å²) in [4.78, 5) is 35.3. The summed E-state index contributed by atoms with van der Waals surface area (Å²) in [5, 5.41) is 8.78. The minimum atomic E-state index is -5.19. The predicted molar refractivity (Wildman–Crippen MR) is 41.5 cm³/mol. The van der Waals surface area contributed by atoms with Gasteiger partial charge >= 0.3 is 20.0 Å². The Bertz CT molecular complexity index is 322. The Labute approximate surface area is 92.4 Å². The summed E-state index contributed by atoms with van der Waals surface area (Å²) in [6.07, 6.45) is -5.19. The highest BCUT2D eigenvalue weighted by Gasteiger charge is 2.28. The molecule has 0 rings (SSSR count). The number of rotatable bonds is 2. The van der Waals surface area contributed by atoms with E-state index < -0.39 is 32.0 Å². The zero-order valence-electron chi connectivity index (χ0n) is 8.30. The standard InChI is InChI=1S/C3H8NO5P.C2HF3O2/c1-2(4)3(5)9-10(6,7)8;3-2(4,5)1(6)7/h2H,4H2,1H3,(H2,6,7,8);(H,6,7). The number of quaternary nitrogens is 1. The van der Waals surface area contributed by atoms with Crippen molar-refractivity contribution < 1.29 is 52.5 Å². The van der Waals surface area contributed by atoms with Gasteiger partial charge in [0, 0.05) is 0 Å². The summed E-state index contributed by atoms with van der Waals surface area (Å²) < 4.78 is 45.2. The van der Waals surface area contributed by atoms with Gasteiger partial charge in [-0.1, -0.05) is 0 Å². The molecule has 8 nitrogen and oxygen atoms in total. The number of phosphoric acid groups is 1. The van der Waals surface area contributed by atoms with E-state index in [2.05, 4.69) is 10.3 Å². The van der Waals surface area contributed by atoms with Crippen molar-refractivity contribution in [1.82, 2.24) is 0 Å². The van der Waals surface area contributed by atoms with E-state index in [1.54, 1.807) is 0 Å². The Morgan fingerprint density at radius 1 is 1.41 bits per heavy atom. The molecule has 0 amide bonds. The average Bonchev–Trinajstić information content (AvgIpc) is 1.99. The summed E-state index contributed by atoms with van der Waals surface area (Å²) >= 11 is 0. The lowest BCUT2D eigenvalue weighted by atomic mass is 10.4. The highest BCUT2D eigenvalue weighted by molar-refractivity contribution is 7.46. The number of carbonyl (C=O) groups excluding carboxylic acids is 2. The molecule has 0 aromatic rings. The molecule has 1 atom stereocenters. The van der Waals surface area contributed by atoms with Crippen LogP contribution in [-0.2, 0) is 18.7 Å². The van der Waals surface area contributed by atoms with Gasteiger partial charge < -0.3 is 20.2 Å². The fourth-order valence-corrected chi connectivity index (χ4v) is 0.622. The molecule has 0 aromatic heterocycles. The predicted octanol–water partition coefficient (Wildman–Crippen LogP) is -2.45. The van der Waals surface area contributed by atoms with Crippen molar-refractivity contribution >= 4 is 19.8 Å². The van der Waals surface area contributed by atoms with E-state index in [0.29, 0.717) is 0 Å². The van der Waals surface area contributed by atoms with Crippen molar-refractivity contribution in [2.24, 2.45) is 0 Å². The van der Waals surface area contributed by atoms with E-state index in [9.17, 15) is 22.5 Å². The maximum atomic E-state index is 10.5. The topological polar surface area (TPSA) is 152 Å². The third-order valence-corrected chi connectivity index (χ3v) is 1.26. The van der Waals surface area contributed by atoms with Crippen molar-refractivity contribution in [2.45, 2.75) is 19.1 Å². The van der Waals surface area contributed by atoms with Crippen LogP contribution in [0.2, 0.25) is 0 Å². The van der Waals surface area contributed by atoms with E-state index in [1.807, 2.05) is 0 Å². The van der Waals surface area contributed by atoms with Crippen molar-refractivity contribution in [3.63, 3.8) is 0 Å². The highest BCUT2D eigenvalue weighted by atomic mass is 31.2. The van der Waals surface area contributed by atoms with Gasteiger partial charge in [-0.2, -0.15) is 13.2 Å².